The number of rotatable bonds is 15. The van der Waals surface area contributed by atoms with Crippen LogP contribution in [0, 0.1) is 23.0 Å². The monoisotopic (exact) mass is 701 g/mol. The number of ketones is 1. The summed E-state index contributed by atoms with van der Waals surface area (Å²) in [6, 6.07) is 15.3. The molecule has 3 aromatic carbocycles. The minimum Gasteiger partial charge on any atom is -0.493 e. The van der Waals surface area contributed by atoms with Crippen LogP contribution < -0.4 is 19.5 Å². The highest BCUT2D eigenvalue weighted by Gasteiger charge is 2.55. The van der Waals surface area contributed by atoms with Gasteiger partial charge in [-0.1, -0.05) is 6.07 Å². The first kappa shape index (κ1) is 35.7. The van der Waals surface area contributed by atoms with Crippen molar-refractivity contribution in [3.8, 4) is 23.0 Å². The number of anilines is 1. The summed E-state index contributed by atoms with van der Waals surface area (Å²) in [5.74, 6) is 0.0807. The molecule has 4 aromatic rings. The summed E-state index contributed by atoms with van der Waals surface area (Å²) < 4.78 is 51.1. The molecule has 0 spiro atoms. The SMILES string of the molecule is COC(=O)CN1CCC(COc2cc3nccc(Oc4ccc(CCCC(=O)C5(C(=O)Nc6ccc(F)cc6)CC5)cc4F)c3cc2OC)CC1. The van der Waals surface area contributed by atoms with Crippen LogP contribution in [-0.4, -0.2) is 68.0 Å². The number of nitrogens with one attached hydrogen (secondary N) is 1. The number of hydrogen-bond acceptors (Lipinski definition) is 9. The van der Waals surface area contributed by atoms with E-state index in [4.69, 9.17) is 18.9 Å². The lowest BCUT2D eigenvalue weighted by Gasteiger charge is -2.31. The zero-order valence-corrected chi connectivity index (χ0v) is 28.7. The molecule has 0 atom stereocenters. The fourth-order valence-corrected chi connectivity index (χ4v) is 6.39. The van der Waals surface area contributed by atoms with Crippen molar-refractivity contribution in [2.75, 3.05) is 45.8 Å². The summed E-state index contributed by atoms with van der Waals surface area (Å²) in [5, 5.41) is 3.34. The van der Waals surface area contributed by atoms with Crippen LogP contribution in [0.3, 0.4) is 0 Å². The van der Waals surface area contributed by atoms with Gasteiger partial charge in [0.05, 0.1) is 32.9 Å². The minimum absolute atomic E-state index is 0.0366. The first-order valence-electron chi connectivity index (χ1n) is 17.1. The number of likely N-dealkylation sites (tertiary alicyclic amines) is 1. The number of piperidine rings is 1. The standard InChI is InChI=1S/C39H41F2N3O7/c1-48-34-21-29-31(22-35(34)50-24-26-13-18-44(19-14-26)23-37(46)49-2)42-17-12-32(29)51-33-11-6-25(20-30(33)41)4-3-5-36(45)39(15-16-39)38(47)43-28-9-7-27(40)8-10-28/h6-12,17,20-22,26H,3-5,13-16,18-19,23-24H2,1-2H3,(H,43,47). The maximum Gasteiger partial charge on any atom is 0.319 e. The van der Waals surface area contributed by atoms with Gasteiger partial charge in [-0.15, -0.1) is 0 Å². The van der Waals surface area contributed by atoms with Crippen LogP contribution >= 0.6 is 0 Å². The number of fused-ring (bicyclic) bond motifs is 1. The Bertz CT molecular complexity index is 1890. The predicted molar refractivity (Wildman–Crippen MR) is 186 cm³/mol. The molecule has 0 radical (unpaired) electrons. The summed E-state index contributed by atoms with van der Waals surface area (Å²) in [6.07, 6.45) is 5.41. The third-order valence-electron chi connectivity index (χ3n) is 9.66. The van der Waals surface area contributed by atoms with Gasteiger partial charge in [-0.2, -0.15) is 0 Å². The van der Waals surface area contributed by atoms with E-state index < -0.39 is 17.0 Å². The molecule has 1 amide bonds. The van der Waals surface area contributed by atoms with Gasteiger partial charge in [-0.25, -0.2) is 8.78 Å². The second-order valence-corrected chi connectivity index (χ2v) is 13.1. The number of amides is 1. The molecule has 1 aliphatic heterocycles. The maximum absolute atomic E-state index is 15.3. The van der Waals surface area contributed by atoms with Gasteiger partial charge in [0.2, 0.25) is 5.91 Å². The molecule has 10 nitrogen and oxygen atoms in total. The second-order valence-electron chi connectivity index (χ2n) is 13.1. The number of esters is 1. The number of benzene rings is 3. The number of hydrogen-bond donors (Lipinski definition) is 1. The molecule has 0 unspecified atom stereocenters. The number of carbonyl (C=O) groups is 3. The highest BCUT2D eigenvalue weighted by Crippen LogP contribution is 2.48. The largest absolute Gasteiger partial charge is 0.493 e. The Labute approximate surface area is 295 Å². The average Bonchev–Trinajstić information content (AvgIpc) is 3.96. The molecular formula is C39H41F2N3O7. The maximum atomic E-state index is 15.3. The Kier molecular flexibility index (Phi) is 11.1. The van der Waals surface area contributed by atoms with Crippen molar-refractivity contribution in [2.24, 2.45) is 11.3 Å². The quantitative estimate of drug-likeness (QED) is 0.105. The van der Waals surface area contributed by atoms with Gasteiger partial charge in [0.25, 0.3) is 0 Å². The van der Waals surface area contributed by atoms with Gasteiger partial charge in [-0.05, 0) is 112 Å². The number of ether oxygens (including phenoxy) is 4. The van der Waals surface area contributed by atoms with Gasteiger partial charge in [0, 0.05) is 29.8 Å². The van der Waals surface area contributed by atoms with E-state index in [0.717, 1.165) is 25.9 Å². The van der Waals surface area contributed by atoms with E-state index in [2.05, 4.69) is 15.2 Å². The van der Waals surface area contributed by atoms with Gasteiger partial charge in [0.1, 0.15) is 22.8 Å². The van der Waals surface area contributed by atoms with E-state index in [1.54, 1.807) is 43.6 Å². The Morgan fingerprint density at radius 3 is 2.37 bits per heavy atom. The Morgan fingerprint density at radius 1 is 0.922 bits per heavy atom. The van der Waals surface area contributed by atoms with E-state index in [1.165, 1.54) is 37.4 Å². The topological polar surface area (TPSA) is 116 Å². The molecule has 1 aromatic heterocycles. The highest BCUT2D eigenvalue weighted by atomic mass is 19.1. The van der Waals surface area contributed by atoms with Crippen molar-refractivity contribution in [3.05, 3.63) is 84.1 Å². The van der Waals surface area contributed by atoms with Crippen molar-refractivity contribution < 1.29 is 42.1 Å². The van der Waals surface area contributed by atoms with E-state index >= 15 is 4.39 Å². The van der Waals surface area contributed by atoms with Crippen LogP contribution in [-0.2, 0) is 25.5 Å². The summed E-state index contributed by atoms with van der Waals surface area (Å²) in [4.78, 5) is 44.0. The minimum atomic E-state index is -1.05. The summed E-state index contributed by atoms with van der Waals surface area (Å²) in [5.41, 5.74) is 0.684. The Hall–Kier alpha value is -5.10. The number of carbonyl (C=O) groups excluding carboxylic acids is 3. The lowest BCUT2D eigenvalue weighted by atomic mass is 9.94. The van der Waals surface area contributed by atoms with Crippen LogP contribution in [0.2, 0.25) is 0 Å². The lowest BCUT2D eigenvalue weighted by Crippen LogP contribution is -2.39. The third kappa shape index (κ3) is 8.62. The molecular weight excluding hydrogens is 660 g/mol. The van der Waals surface area contributed by atoms with E-state index in [9.17, 15) is 18.8 Å². The first-order valence-corrected chi connectivity index (χ1v) is 17.1. The summed E-state index contributed by atoms with van der Waals surface area (Å²) >= 11 is 0. The fraction of sp³-hybridized carbons (Fsp3) is 0.385. The second kappa shape index (κ2) is 15.8. The normalized spacial score (nSPS) is 15.6. The lowest BCUT2D eigenvalue weighted by molar-refractivity contribution is -0.142. The molecule has 6 rings (SSSR count). The summed E-state index contributed by atoms with van der Waals surface area (Å²) in [6.45, 7) is 2.36. The van der Waals surface area contributed by atoms with Crippen LogP contribution in [0.4, 0.5) is 14.5 Å². The van der Waals surface area contributed by atoms with Crippen molar-refractivity contribution >= 4 is 34.3 Å². The third-order valence-corrected chi connectivity index (χ3v) is 9.66. The van der Waals surface area contributed by atoms with E-state index in [-0.39, 0.29) is 29.8 Å². The van der Waals surface area contributed by atoms with Crippen LogP contribution in [0.25, 0.3) is 10.9 Å². The smallest absolute Gasteiger partial charge is 0.319 e. The number of pyridine rings is 1. The predicted octanol–water partition coefficient (Wildman–Crippen LogP) is 6.89. The number of halogens is 2. The fourth-order valence-electron chi connectivity index (χ4n) is 6.39. The summed E-state index contributed by atoms with van der Waals surface area (Å²) in [7, 11) is 2.94. The van der Waals surface area contributed by atoms with Crippen molar-refractivity contribution in [1.82, 2.24) is 9.88 Å². The molecule has 2 fully saturated rings. The van der Waals surface area contributed by atoms with Gasteiger partial charge in [-0.3, -0.25) is 24.3 Å². The van der Waals surface area contributed by atoms with E-state index in [0.29, 0.717) is 84.2 Å². The number of aromatic nitrogens is 1. The molecule has 0 bridgehead atoms. The zero-order chi connectivity index (χ0) is 36.0. The van der Waals surface area contributed by atoms with Crippen molar-refractivity contribution in [2.45, 2.75) is 44.9 Å². The molecule has 12 heteroatoms. The molecule has 268 valence electrons. The average molecular weight is 702 g/mol. The molecule has 1 N–H and O–H groups in total. The Morgan fingerprint density at radius 2 is 1.69 bits per heavy atom. The first-order chi connectivity index (χ1) is 24.7. The molecule has 1 saturated heterocycles. The number of Topliss-reactive ketones (excluding diaryl/α,β-unsaturated/α-hetero) is 1. The highest BCUT2D eigenvalue weighted by molar-refractivity contribution is 6.13. The van der Waals surface area contributed by atoms with Crippen LogP contribution in [0.15, 0.2) is 66.9 Å². The molecule has 51 heavy (non-hydrogen) atoms. The van der Waals surface area contributed by atoms with Crippen molar-refractivity contribution in [3.63, 3.8) is 0 Å². The zero-order valence-electron chi connectivity index (χ0n) is 28.7. The van der Waals surface area contributed by atoms with Gasteiger partial charge >= 0.3 is 5.97 Å². The van der Waals surface area contributed by atoms with Crippen LogP contribution in [0.1, 0.15) is 44.1 Å². The van der Waals surface area contributed by atoms with Gasteiger partial charge in [0.15, 0.2) is 23.1 Å². The van der Waals surface area contributed by atoms with Gasteiger partial charge < -0.3 is 24.3 Å². The molecule has 2 heterocycles. The molecule has 1 aliphatic carbocycles. The molecule has 2 aliphatic rings. The molecule has 1 saturated carbocycles. The van der Waals surface area contributed by atoms with Crippen molar-refractivity contribution in [1.29, 1.82) is 0 Å². The number of nitrogens with zero attached hydrogens (tertiary/aromatic N) is 2. The Balaban J connectivity index is 1.03. The number of aryl methyl sites for hydroxylation is 1. The van der Waals surface area contributed by atoms with Crippen LogP contribution in [0.5, 0.6) is 23.0 Å². The van der Waals surface area contributed by atoms with E-state index in [1.807, 2.05) is 0 Å². The number of methoxy groups -OCH3 is 2.